The minimum atomic E-state index is -0.708. The molecular weight excluding hydrogens is 450 g/mol. The first-order valence-corrected chi connectivity index (χ1v) is 15.3. The molecule has 0 aliphatic heterocycles. The first-order valence-electron chi connectivity index (χ1n) is 15.3. The highest BCUT2D eigenvalue weighted by Gasteiger charge is 2.25. The van der Waals surface area contributed by atoms with Crippen LogP contribution in [0.2, 0.25) is 0 Å². The summed E-state index contributed by atoms with van der Waals surface area (Å²) < 4.78 is 0. The molecule has 37 heavy (non-hydrogen) atoms. The quantitative estimate of drug-likeness (QED) is 0.172. The average Bonchev–Trinajstić information content (AvgIpc) is 2.93. The zero-order valence-electron chi connectivity index (χ0n) is 23.6. The van der Waals surface area contributed by atoms with Crippen molar-refractivity contribution in [3.8, 4) is 11.1 Å². The summed E-state index contributed by atoms with van der Waals surface area (Å²) in [7, 11) is 0. The smallest absolute Gasteiger partial charge is 0.146 e. The van der Waals surface area contributed by atoms with Crippen LogP contribution in [0.25, 0.3) is 11.1 Å². The van der Waals surface area contributed by atoms with Crippen molar-refractivity contribution in [1.29, 1.82) is 0 Å². The lowest BCUT2D eigenvalue weighted by atomic mass is 9.74. The summed E-state index contributed by atoms with van der Waals surface area (Å²) in [4.78, 5) is 0. The summed E-state index contributed by atoms with van der Waals surface area (Å²) in [6, 6.07) is 17.6. The first-order chi connectivity index (χ1) is 18.0. The highest BCUT2D eigenvalue weighted by Crippen LogP contribution is 2.40. The molecule has 202 valence electrons. The number of aliphatic hydroxyl groups excluding tert-OH is 1. The number of rotatable bonds is 12. The molecule has 1 atom stereocenters. The molecule has 2 heteroatoms. The summed E-state index contributed by atoms with van der Waals surface area (Å²) in [5, 5.41) is 13.0. The lowest BCUT2D eigenvalue weighted by molar-refractivity contribution is 0.222. The Kier molecular flexibility index (Phi) is 10.7. The number of anilines is 1. The van der Waals surface area contributed by atoms with Gasteiger partial charge in [0.25, 0.3) is 0 Å². The van der Waals surface area contributed by atoms with E-state index in [1.807, 2.05) is 19.1 Å². The van der Waals surface area contributed by atoms with Crippen molar-refractivity contribution < 1.29 is 5.11 Å². The predicted molar refractivity (Wildman–Crippen MR) is 160 cm³/mol. The Morgan fingerprint density at radius 3 is 1.76 bits per heavy atom. The van der Waals surface area contributed by atoms with Crippen LogP contribution in [0.3, 0.4) is 0 Å². The van der Waals surface area contributed by atoms with E-state index in [0.29, 0.717) is 5.57 Å². The number of benzene rings is 2. The van der Waals surface area contributed by atoms with E-state index in [0.717, 1.165) is 29.4 Å². The van der Waals surface area contributed by atoms with Gasteiger partial charge in [-0.05, 0) is 90.7 Å². The van der Waals surface area contributed by atoms with E-state index >= 15 is 0 Å². The molecule has 2 N–H and O–H groups in total. The van der Waals surface area contributed by atoms with Crippen LogP contribution in [0.4, 0.5) is 5.69 Å². The second-order valence-corrected chi connectivity index (χ2v) is 12.3. The molecule has 2 nitrogen and oxygen atoms in total. The molecule has 2 aliphatic rings. The highest BCUT2D eigenvalue weighted by atomic mass is 16.3. The van der Waals surface area contributed by atoms with Gasteiger partial charge < -0.3 is 10.4 Å². The minimum Gasteiger partial charge on any atom is -0.370 e. The van der Waals surface area contributed by atoms with E-state index in [1.165, 1.54) is 107 Å². The topological polar surface area (TPSA) is 32.3 Å². The lowest BCUT2D eigenvalue weighted by Crippen LogP contribution is -2.18. The molecule has 2 aliphatic carbocycles. The number of hydrogen-bond donors (Lipinski definition) is 2. The van der Waals surface area contributed by atoms with Crippen LogP contribution < -0.4 is 5.32 Å². The van der Waals surface area contributed by atoms with Crippen molar-refractivity contribution in [2.75, 3.05) is 5.32 Å². The Balaban J connectivity index is 1.17. The lowest BCUT2D eigenvalue weighted by Gasteiger charge is -2.32. The van der Waals surface area contributed by atoms with E-state index in [4.69, 9.17) is 0 Å². The second-order valence-electron chi connectivity index (χ2n) is 12.3. The maximum atomic E-state index is 9.95. The van der Waals surface area contributed by atoms with Crippen LogP contribution in [0.15, 0.2) is 60.7 Å². The molecule has 1 unspecified atom stereocenters. The maximum Gasteiger partial charge on any atom is 0.146 e. The van der Waals surface area contributed by atoms with E-state index in [9.17, 15) is 5.11 Å². The van der Waals surface area contributed by atoms with E-state index in [2.05, 4.69) is 55.2 Å². The van der Waals surface area contributed by atoms with Gasteiger partial charge in [0.05, 0.1) is 0 Å². The van der Waals surface area contributed by atoms with Gasteiger partial charge in [-0.1, -0.05) is 114 Å². The van der Waals surface area contributed by atoms with E-state index in [-0.39, 0.29) is 0 Å². The third kappa shape index (κ3) is 8.47. The van der Waals surface area contributed by atoms with Gasteiger partial charge in [0.1, 0.15) is 6.23 Å². The Labute approximate surface area is 227 Å². The van der Waals surface area contributed by atoms with E-state index < -0.39 is 6.23 Å². The van der Waals surface area contributed by atoms with Gasteiger partial charge in [0, 0.05) is 5.69 Å². The van der Waals surface area contributed by atoms with Gasteiger partial charge in [-0.15, -0.1) is 0 Å². The SMILES string of the molecule is C=C(C)C(O)Nc1ccc(-c2ccc(C3CCC(CCC4CCC(CCCCC)CC4)CC3)cc2)cc1. The Morgan fingerprint density at radius 2 is 1.24 bits per heavy atom. The standard InChI is InChI=1S/C35H51NO/c1-4-5-6-7-27-8-10-28(11-9-27)12-13-29-14-16-30(17-15-29)31-18-20-32(21-19-31)33-22-24-34(25-23-33)36-35(37)26(2)3/h18-25,27-30,35-37H,2,4-17H2,1,3H3. The van der Waals surface area contributed by atoms with Gasteiger partial charge in [-0.3, -0.25) is 0 Å². The molecule has 0 amide bonds. The minimum absolute atomic E-state index is 0.708. The fraction of sp³-hybridized carbons (Fsp3) is 0.600. The Bertz CT molecular complexity index is 930. The van der Waals surface area contributed by atoms with Crippen LogP contribution in [-0.4, -0.2) is 11.3 Å². The molecule has 2 saturated carbocycles. The highest BCUT2D eigenvalue weighted by molar-refractivity contribution is 5.66. The molecule has 2 aromatic carbocycles. The van der Waals surface area contributed by atoms with Crippen LogP contribution >= 0.6 is 0 Å². The number of nitrogens with one attached hydrogen (secondary N) is 1. The fourth-order valence-corrected chi connectivity index (χ4v) is 6.74. The molecule has 0 spiro atoms. The van der Waals surface area contributed by atoms with Crippen molar-refractivity contribution in [3.63, 3.8) is 0 Å². The average molecular weight is 502 g/mol. The van der Waals surface area contributed by atoms with Gasteiger partial charge in [0.15, 0.2) is 0 Å². The molecule has 2 fully saturated rings. The molecule has 0 saturated heterocycles. The van der Waals surface area contributed by atoms with Gasteiger partial charge in [-0.2, -0.15) is 0 Å². The van der Waals surface area contributed by atoms with Crippen LogP contribution in [0, 0.1) is 17.8 Å². The van der Waals surface area contributed by atoms with Crippen molar-refractivity contribution in [1.82, 2.24) is 0 Å². The maximum absolute atomic E-state index is 9.95. The van der Waals surface area contributed by atoms with Crippen LogP contribution in [0.5, 0.6) is 0 Å². The zero-order chi connectivity index (χ0) is 26.0. The van der Waals surface area contributed by atoms with Gasteiger partial charge in [0.2, 0.25) is 0 Å². The molecular formula is C35H51NO. The normalized spacial score (nSPS) is 24.9. The molecule has 0 bridgehead atoms. The molecule has 0 radical (unpaired) electrons. The Morgan fingerprint density at radius 1 is 0.757 bits per heavy atom. The summed E-state index contributed by atoms with van der Waals surface area (Å²) in [5.74, 6) is 3.77. The first kappa shape index (κ1) is 28.0. The van der Waals surface area contributed by atoms with Crippen molar-refractivity contribution in [2.24, 2.45) is 17.8 Å². The molecule has 0 heterocycles. The van der Waals surface area contributed by atoms with Crippen molar-refractivity contribution in [3.05, 3.63) is 66.2 Å². The van der Waals surface area contributed by atoms with Crippen LogP contribution in [-0.2, 0) is 0 Å². The van der Waals surface area contributed by atoms with E-state index in [1.54, 1.807) is 0 Å². The molecule has 0 aromatic heterocycles. The van der Waals surface area contributed by atoms with Crippen molar-refractivity contribution in [2.45, 2.75) is 116 Å². The number of hydrogen-bond acceptors (Lipinski definition) is 2. The third-order valence-corrected chi connectivity index (χ3v) is 9.38. The predicted octanol–water partition coefficient (Wildman–Crippen LogP) is 10.1. The van der Waals surface area contributed by atoms with Gasteiger partial charge >= 0.3 is 0 Å². The largest absolute Gasteiger partial charge is 0.370 e. The summed E-state index contributed by atoms with van der Waals surface area (Å²) in [6.07, 6.45) is 19.6. The van der Waals surface area contributed by atoms with Gasteiger partial charge in [-0.25, -0.2) is 0 Å². The fourth-order valence-electron chi connectivity index (χ4n) is 6.74. The second kappa shape index (κ2) is 14.2. The number of unbranched alkanes of at least 4 members (excludes halogenated alkanes) is 2. The summed E-state index contributed by atoms with van der Waals surface area (Å²) in [5.41, 5.74) is 5.60. The Hall–Kier alpha value is -2.06. The monoisotopic (exact) mass is 501 g/mol. The summed E-state index contributed by atoms with van der Waals surface area (Å²) in [6.45, 7) is 7.93. The zero-order valence-corrected chi connectivity index (χ0v) is 23.6. The summed E-state index contributed by atoms with van der Waals surface area (Å²) >= 11 is 0. The third-order valence-electron chi connectivity index (χ3n) is 9.38. The number of aliphatic hydroxyl groups is 1. The van der Waals surface area contributed by atoms with Crippen molar-refractivity contribution >= 4 is 5.69 Å². The molecule has 4 rings (SSSR count). The molecule has 2 aromatic rings. The van der Waals surface area contributed by atoms with Crippen LogP contribution in [0.1, 0.15) is 115 Å².